The number of fused-ring (bicyclic) bond motifs is 2. The molecule has 34 heavy (non-hydrogen) atoms. The van der Waals surface area contributed by atoms with E-state index < -0.39 is 0 Å². The number of aryl methyl sites for hydroxylation is 4. The number of benzene rings is 4. The molecule has 0 radical (unpaired) electrons. The third kappa shape index (κ3) is 3.14. The van der Waals surface area contributed by atoms with Gasteiger partial charge in [-0.1, -0.05) is 36.4 Å². The van der Waals surface area contributed by atoms with Crippen molar-refractivity contribution < 1.29 is 0 Å². The van der Waals surface area contributed by atoms with Crippen LogP contribution in [0.25, 0.3) is 44.3 Å². The molecule has 0 bridgehead atoms. The molecule has 6 aromatic rings. The molecule has 6 rings (SSSR count). The van der Waals surface area contributed by atoms with Gasteiger partial charge in [0.05, 0.1) is 34.8 Å². The molecule has 0 aliphatic heterocycles. The van der Waals surface area contributed by atoms with E-state index in [4.69, 9.17) is 0 Å². The number of rotatable bonds is 3. The Labute approximate surface area is 199 Å². The lowest BCUT2D eigenvalue weighted by Gasteiger charge is -2.17. The van der Waals surface area contributed by atoms with Gasteiger partial charge in [0, 0.05) is 10.8 Å². The Morgan fingerprint density at radius 2 is 0.912 bits per heavy atom. The second kappa shape index (κ2) is 7.70. The molecule has 2 aromatic heterocycles. The third-order valence-corrected chi connectivity index (χ3v) is 6.79. The second-order valence-electron chi connectivity index (χ2n) is 9.14. The van der Waals surface area contributed by atoms with E-state index in [-0.39, 0.29) is 0 Å². The first-order valence-electron chi connectivity index (χ1n) is 11.6. The molecule has 4 nitrogen and oxygen atoms in total. The van der Waals surface area contributed by atoms with E-state index in [1.54, 1.807) is 0 Å². The number of hydrogen-bond donors (Lipinski definition) is 0. The summed E-state index contributed by atoms with van der Waals surface area (Å²) >= 11 is 0. The predicted molar refractivity (Wildman–Crippen MR) is 140 cm³/mol. The van der Waals surface area contributed by atoms with Crippen molar-refractivity contribution in [3.8, 4) is 22.5 Å². The summed E-state index contributed by atoms with van der Waals surface area (Å²) in [5, 5.41) is 11.6. The van der Waals surface area contributed by atoms with Crippen molar-refractivity contribution in [3.05, 3.63) is 107 Å². The van der Waals surface area contributed by atoms with Crippen LogP contribution in [0.4, 0.5) is 0 Å². The molecule has 0 aliphatic carbocycles. The molecule has 4 aromatic carbocycles. The van der Waals surface area contributed by atoms with Crippen molar-refractivity contribution in [1.82, 2.24) is 19.6 Å². The lowest BCUT2D eigenvalue weighted by atomic mass is 9.92. The topological polar surface area (TPSA) is 35.6 Å². The molecule has 0 spiro atoms. The molecule has 0 aliphatic rings. The lowest BCUT2D eigenvalue weighted by Crippen LogP contribution is -2.03. The van der Waals surface area contributed by atoms with E-state index in [0.717, 1.165) is 33.2 Å². The molecular weight excluding hydrogens is 416 g/mol. The molecule has 166 valence electrons. The third-order valence-electron chi connectivity index (χ3n) is 6.79. The van der Waals surface area contributed by atoms with Crippen molar-refractivity contribution in [1.29, 1.82) is 0 Å². The van der Waals surface area contributed by atoms with Crippen LogP contribution in [0.3, 0.4) is 0 Å². The zero-order valence-corrected chi connectivity index (χ0v) is 19.9. The van der Waals surface area contributed by atoms with Gasteiger partial charge in [0.1, 0.15) is 0 Å². The van der Waals surface area contributed by atoms with Crippen LogP contribution >= 0.6 is 0 Å². The van der Waals surface area contributed by atoms with Gasteiger partial charge in [-0.2, -0.15) is 10.2 Å². The van der Waals surface area contributed by atoms with Gasteiger partial charge in [0.2, 0.25) is 0 Å². The summed E-state index contributed by atoms with van der Waals surface area (Å²) in [6, 6.07) is 25.8. The maximum atomic E-state index is 4.67. The quantitative estimate of drug-likeness (QED) is 0.289. The van der Waals surface area contributed by atoms with Gasteiger partial charge in [-0.05, 0) is 97.5 Å². The molecule has 0 saturated heterocycles. The van der Waals surface area contributed by atoms with Gasteiger partial charge in [-0.15, -0.1) is 0 Å². The molecule has 4 heteroatoms. The summed E-state index contributed by atoms with van der Waals surface area (Å²) in [6.45, 7) is 8.71. The minimum atomic E-state index is 1.12. The molecule has 2 heterocycles. The minimum Gasteiger partial charge on any atom is -0.233 e. The fraction of sp³-hybridized carbons (Fsp3) is 0.133. The molecule has 0 amide bonds. The Hall–Kier alpha value is -4.18. The predicted octanol–water partition coefficient (Wildman–Crippen LogP) is 7.27. The van der Waals surface area contributed by atoms with Crippen LogP contribution in [-0.2, 0) is 0 Å². The van der Waals surface area contributed by atoms with Crippen LogP contribution in [-0.4, -0.2) is 19.6 Å². The van der Waals surface area contributed by atoms with Gasteiger partial charge >= 0.3 is 0 Å². The number of aromatic nitrogens is 4. The standard InChI is InChI=1S/C30H26N4/c1-19-15-29(33-27-11-7-5-9-23(27)17-31-33)21(3)13-25(19)26-14-22(4)30(16-20(26)2)34-28-12-8-6-10-24(28)18-32-34/h5-18H,1-4H3. The summed E-state index contributed by atoms with van der Waals surface area (Å²) in [6.07, 6.45) is 3.87. The van der Waals surface area contributed by atoms with Gasteiger partial charge in [-0.3, -0.25) is 0 Å². The SMILES string of the molecule is Cc1cc(-n2ncc3ccccc32)c(C)cc1-c1cc(C)c(-n2ncc3ccccc32)cc1C. The van der Waals surface area contributed by atoms with Crippen molar-refractivity contribution in [2.75, 3.05) is 0 Å². The fourth-order valence-corrected chi connectivity index (χ4v) is 4.97. The Morgan fingerprint density at radius 3 is 1.35 bits per heavy atom. The number of para-hydroxylation sites is 2. The van der Waals surface area contributed by atoms with Crippen molar-refractivity contribution in [2.45, 2.75) is 27.7 Å². The van der Waals surface area contributed by atoms with Crippen LogP contribution < -0.4 is 0 Å². The van der Waals surface area contributed by atoms with Crippen LogP contribution in [0, 0.1) is 27.7 Å². The Bertz CT molecular complexity index is 1570. The van der Waals surface area contributed by atoms with Crippen molar-refractivity contribution in [2.24, 2.45) is 0 Å². The molecule has 0 N–H and O–H groups in total. The molecule has 0 atom stereocenters. The fourth-order valence-electron chi connectivity index (χ4n) is 4.97. The second-order valence-corrected chi connectivity index (χ2v) is 9.14. The first-order chi connectivity index (χ1) is 16.5. The molecule has 0 fully saturated rings. The largest absolute Gasteiger partial charge is 0.233 e. The average molecular weight is 443 g/mol. The molecular formula is C30H26N4. The van der Waals surface area contributed by atoms with E-state index in [9.17, 15) is 0 Å². The summed E-state index contributed by atoms with van der Waals surface area (Å²) in [4.78, 5) is 0. The van der Waals surface area contributed by atoms with Crippen molar-refractivity contribution >= 4 is 21.8 Å². The van der Waals surface area contributed by atoms with E-state index in [2.05, 4.69) is 111 Å². The zero-order valence-electron chi connectivity index (χ0n) is 19.9. The summed E-state index contributed by atoms with van der Waals surface area (Å²) in [5.74, 6) is 0. The highest BCUT2D eigenvalue weighted by atomic mass is 15.3. The van der Waals surface area contributed by atoms with Gasteiger partial charge in [0.25, 0.3) is 0 Å². The molecule has 0 unspecified atom stereocenters. The Morgan fingerprint density at radius 1 is 0.500 bits per heavy atom. The van der Waals surface area contributed by atoms with E-state index in [1.807, 2.05) is 21.8 Å². The minimum absolute atomic E-state index is 1.12. The van der Waals surface area contributed by atoms with Gasteiger partial charge in [-0.25, -0.2) is 9.36 Å². The Balaban J connectivity index is 1.46. The number of nitrogens with zero attached hydrogens (tertiary/aromatic N) is 4. The van der Waals surface area contributed by atoms with E-state index in [1.165, 1.54) is 33.4 Å². The van der Waals surface area contributed by atoms with Gasteiger partial charge < -0.3 is 0 Å². The van der Waals surface area contributed by atoms with E-state index in [0.29, 0.717) is 0 Å². The highest BCUT2D eigenvalue weighted by Crippen LogP contribution is 2.34. The van der Waals surface area contributed by atoms with Crippen LogP contribution in [0.5, 0.6) is 0 Å². The van der Waals surface area contributed by atoms with Crippen LogP contribution in [0.15, 0.2) is 85.2 Å². The first kappa shape index (κ1) is 20.4. The van der Waals surface area contributed by atoms with Gasteiger partial charge in [0.15, 0.2) is 0 Å². The smallest absolute Gasteiger partial charge is 0.0741 e. The normalized spacial score (nSPS) is 11.5. The maximum Gasteiger partial charge on any atom is 0.0741 e. The zero-order chi connectivity index (χ0) is 23.4. The Kier molecular flexibility index (Phi) is 4.63. The monoisotopic (exact) mass is 442 g/mol. The highest BCUT2D eigenvalue weighted by molar-refractivity contribution is 5.83. The first-order valence-corrected chi connectivity index (χ1v) is 11.6. The lowest BCUT2D eigenvalue weighted by molar-refractivity contribution is 0.899. The number of hydrogen-bond acceptors (Lipinski definition) is 2. The van der Waals surface area contributed by atoms with Crippen LogP contribution in [0.1, 0.15) is 22.3 Å². The van der Waals surface area contributed by atoms with Crippen molar-refractivity contribution in [3.63, 3.8) is 0 Å². The summed E-state index contributed by atoms with van der Waals surface area (Å²) in [7, 11) is 0. The summed E-state index contributed by atoms with van der Waals surface area (Å²) < 4.78 is 4.09. The maximum absolute atomic E-state index is 4.67. The highest BCUT2D eigenvalue weighted by Gasteiger charge is 2.15. The molecule has 0 saturated carbocycles. The summed E-state index contributed by atoms with van der Waals surface area (Å²) in [5.41, 5.74) is 11.9. The average Bonchev–Trinajstić information content (AvgIpc) is 3.46. The van der Waals surface area contributed by atoms with E-state index >= 15 is 0 Å². The van der Waals surface area contributed by atoms with Crippen LogP contribution in [0.2, 0.25) is 0 Å².